The van der Waals surface area contributed by atoms with E-state index in [1.807, 2.05) is 84.6 Å². The first-order valence-electron chi connectivity index (χ1n) is 10.1. The van der Waals surface area contributed by atoms with Crippen molar-refractivity contribution in [2.24, 2.45) is 0 Å². The molecule has 3 aromatic rings. The van der Waals surface area contributed by atoms with Crippen molar-refractivity contribution in [1.82, 2.24) is 0 Å². The quantitative estimate of drug-likeness (QED) is 0.590. The van der Waals surface area contributed by atoms with Gasteiger partial charge in [-0.15, -0.1) is 11.8 Å². The number of amides is 2. The highest BCUT2D eigenvalue weighted by atomic mass is 32.2. The summed E-state index contributed by atoms with van der Waals surface area (Å²) in [5.41, 5.74) is 5.60. The molecular formula is C25H24N2O2S. The highest BCUT2D eigenvalue weighted by molar-refractivity contribution is 8.00. The third-order valence-electron chi connectivity index (χ3n) is 5.23. The van der Waals surface area contributed by atoms with Crippen molar-refractivity contribution in [3.05, 3.63) is 95.1 Å². The summed E-state index contributed by atoms with van der Waals surface area (Å²) in [7, 11) is 0. The summed E-state index contributed by atoms with van der Waals surface area (Å²) in [6, 6.07) is 23.4. The second-order valence-electron chi connectivity index (χ2n) is 7.39. The van der Waals surface area contributed by atoms with Crippen molar-refractivity contribution in [2.75, 3.05) is 16.0 Å². The Morgan fingerprint density at radius 3 is 2.50 bits per heavy atom. The molecule has 30 heavy (non-hydrogen) atoms. The first-order chi connectivity index (χ1) is 14.5. The van der Waals surface area contributed by atoms with Crippen LogP contribution in [0.4, 0.5) is 11.4 Å². The van der Waals surface area contributed by atoms with E-state index in [9.17, 15) is 9.59 Å². The van der Waals surface area contributed by atoms with E-state index in [-0.39, 0.29) is 17.2 Å². The molecular weight excluding hydrogens is 392 g/mol. The van der Waals surface area contributed by atoms with Crippen molar-refractivity contribution in [2.45, 2.75) is 25.6 Å². The number of thioether (sulfide) groups is 1. The molecule has 0 bridgehead atoms. The number of carbonyl (C=O) groups is 2. The highest BCUT2D eigenvalue weighted by Crippen LogP contribution is 2.42. The Bertz CT molecular complexity index is 1060. The van der Waals surface area contributed by atoms with Crippen molar-refractivity contribution < 1.29 is 9.59 Å². The molecule has 1 heterocycles. The molecule has 152 valence electrons. The van der Waals surface area contributed by atoms with E-state index in [2.05, 4.69) is 12.2 Å². The number of hydrogen-bond donors (Lipinski definition) is 1. The van der Waals surface area contributed by atoms with Gasteiger partial charge < -0.3 is 5.32 Å². The topological polar surface area (TPSA) is 49.4 Å². The van der Waals surface area contributed by atoms with Gasteiger partial charge in [-0.05, 0) is 60.9 Å². The standard InChI is InChI=1S/C25H24N2O2S/c1-3-18-9-11-19(12-10-18)24(29)26-21-6-4-5-20(15-21)25-27(23(28)16-30-25)22-13-7-17(2)8-14-22/h4-15,25H,3,16H2,1-2H3,(H,26,29)/t25-/m1/s1. The lowest BCUT2D eigenvalue weighted by Gasteiger charge is -2.25. The summed E-state index contributed by atoms with van der Waals surface area (Å²) in [6.45, 7) is 4.12. The number of benzene rings is 3. The minimum absolute atomic E-state index is 0.0966. The lowest BCUT2D eigenvalue weighted by Crippen LogP contribution is -2.27. The number of hydrogen-bond acceptors (Lipinski definition) is 3. The fourth-order valence-corrected chi connectivity index (χ4v) is 4.69. The van der Waals surface area contributed by atoms with E-state index < -0.39 is 0 Å². The van der Waals surface area contributed by atoms with Gasteiger partial charge in [-0.3, -0.25) is 14.5 Å². The Kier molecular flexibility index (Phi) is 5.91. The normalized spacial score (nSPS) is 16.0. The van der Waals surface area contributed by atoms with Crippen LogP contribution in [0.1, 0.15) is 39.3 Å². The molecule has 0 aromatic heterocycles. The molecule has 5 heteroatoms. The summed E-state index contributed by atoms with van der Waals surface area (Å²) >= 11 is 1.60. The maximum Gasteiger partial charge on any atom is 0.255 e. The Morgan fingerprint density at radius 2 is 1.80 bits per heavy atom. The largest absolute Gasteiger partial charge is 0.322 e. The van der Waals surface area contributed by atoms with Crippen LogP contribution in [0.25, 0.3) is 0 Å². The van der Waals surface area contributed by atoms with Crippen molar-refractivity contribution in [1.29, 1.82) is 0 Å². The minimum Gasteiger partial charge on any atom is -0.322 e. The molecule has 0 spiro atoms. The zero-order chi connectivity index (χ0) is 21.1. The van der Waals surface area contributed by atoms with Gasteiger partial charge in [0.05, 0.1) is 5.75 Å². The number of aryl methyl sites for hydroxylation is 2. The molecule has 0 aliphatic carbocycles. The van der Waals surface area contributed by atoms with E-state index >= 15 is 0 Å². The average Bonchev–Trinajstić information content (AvgIpc) is 3.16. The fraction of sp³-hybridized carbons (Fsp3) is 0.200. The first-order valence-corrected chi connectivity index (χ1v) is 11.1. The van der Waals surface area contributed by atoms with E-state index in [0.29, 0.717) is 11.3 Å². The number of anilines is 2. The van der Waals surface area contributed by atoms with Gasteiger partial charge in [-0.2, -0.15) is 0 Å². The number of nitrogens with zero attached hydrogens (tertiary/aromatic N) is 1. The molecule has 0 saturated carbocycles. The van der Waals surface area contributed by atoms with Crippen molar-refractivity contribution in [3.8, 4) is 0 Å². The third-order valence-corrected chi connectivity index (χ3v) is 6.45. The lowest BCUT2D eigenvalue weighted by atomic mass is 10.1. The molecule has 1 aliphatic rings. The molecule has 1 N–H and O–H groups in total. The first kappa shape index (κ1) is 20.2. The third kappa shape index (κ3) is 4.26. The zero-order valence-corrected chi connectivity index (χ0v) is 17.9. The minimum atomic E-state index is -0.139. The second kappa shape index (κ2) is 8.76. The Labute approximate surface area is 181 Å². The summed E-state index contributed by atoms with van der Waals surface area (Å²) in [4.78, 5) is 27.1. The van der Waals surface area contributed by atoms with Gasteiger partial charge in [0, 0.05) is 16.9 Å². The molecule has 1 aliphatic heterocycles. The molecule has 1 fully saturated rings. The molecule has 3 aromatic carbocycles. The summed E-state index contributed by atoms with van der Waals surface area (Å²) in [6.07, 6.45) is 0.944. The predicted molar refractivity (Wildman–Crippen MR) is 124 cm³/mol. The van der Waals surface area contributed by atoms with E-state index in [4.69, 9.17) is 0 Å². The zero-order valence-electron chi connectivity index (χ0n) is 17.1. The second-order valence-corrected chi connectivity index (χ2v) is 8.46. The number of carbonyl (C=O) groups excluding carboxylic acids is 2. The average molecular weight is 417 g/mol. The molecule has 4 rings (SSSR count). The lowest BCUT2D eigenvalue weighted by molar-refractivity contribution is -0.115. The molecule has 1 atom stereocenters. The van der Waals surface area contributed by atoms with Crippen LogP contribution in [0, 0.1) is 6.92 Å². The maximum absolute atomic E-state index is 12.6. The van der Waals surface area contributed by atoms with Gasteiger partial charge in [-0.1, -0.05) is 48.9 Å². The summed E-state index contributed by atoms with van der Waals surface area (Å²) < 4.78 is 0. The van der Waals surface area contributed by atoms with Gasteiger partial charge in [0.1, 0.15) is 5.37 Å². The van der Waals surface area contributed by atoms with Crippen LogP contribution in [0.2, 0.25) is 0 Å². The van der Waals surface area contributed by atoms with Gasteiger partial charge in [-0.25, -0.2) is 0 Å². The summed E-state index contributed by atoms with van der Waals surface area (Å²) in [5, 5.41) is 2.87. The number of nitrogens with one attached hydrogen (secondary N) is 1. The Balaban J connectivity index is 1.55. The van der Waals surface area contributed by atoms with Crippen LogP contribution in [0.5, 0.6) is 0 Å². The van der Waals surface area contributed by atoms with Crippen LogP contribution < -0.4 is 10.2 Å². The van der Waals surface area contributed by atoms with Gasteiger partial charge in [0.25, 0.3) is 5.91 Å². The van der Waals surface area contributed by atoms with Crippen LogP contribution in [0.3, 0.4) is 0 Å². The monoisotopic (exact) mass is 416 g/mol. The molecule has 2 amide bonds. The Hall–Kier alpha value is -3.05. The molecule has 0 unspecified atom stereocenters. The smallest absolute Gasteiger partial charge is 0.255 e. The molecule has 4 nitrogen and oxygen atoms in total. The summed E-state index contributed by atoms with van der Waals surface area (Å²) in [5.74, 6) is 0.401. The van der Waals surface area contributed by atoms with Crippen LogP contribution in [0.15, 0.2) is 72.8 Å². The van der Waals surface area contributed by atoms with Crippen molar-refractivity contribution in [3.63, 3.8) is 0 Å². The fourth-order valence-electron chi connectivity index (χ4n) is 3.52. The van der Waals surface area contributed by atoms with Gasteiger partial charge >= 0.3 is 0 Å². The molecule has 0 radical (unpaired) electrons. The number of rotatable bonds is 5. The van der Waals surface area contributed by atoms with Crippen LogP contribution >= 0.6 is 11.8 Å². The van der Waals surface area contributed by atoms with Gasteiger partial charge in [0.2, 0.25) is 5.91 Å². The van der Waals surface area contributed by atoms with E-state index in [1.165, 1.54) is 5.56 Å². The SMILES string of the molecule is CCc1ccc(C(=O)Nc2cccc([C@H]3SCC(=O)N3c3ccc(C)cc3)c2)cc1. The Morgan fingerprint density at radius 1 is 1.07 bits per heavy atom. The van der Waals surface area contributed by atoms with E-state index in [0.717, 1.165) is 28.9 Å². The van der Waals surface area contributed by atoms with E-state index in [1.54, 1.807) is 11.8 Å². The maximum atomic E-state index is 12.6. The highest BCUT2D eigenvalue weighted by Gasteiger charge is 2.34. The van der Waals surface area contributed by atoms with Crippen molar-refractivity contribution >= 4 is 35.0 Å². The van der Waals surface area contributed by atoms with Gasteiger partial charge in [0.15, 0.2) is 0 Å². The molecule has 1 saturated heterocycles. The van der Waals surface area contributed by atoms with Crippen LogP contribution in [-0.4, -0.2) is 17.6 Å². The van der Waals surface area contributed by atoms with Crippen LogP contribution in [-0.2, 0) is 11.2 Å². The predicted octanol–water partition coefficient (Wildman–Crippen LogP) is 5.59.